The molecule has 0 aliphatic heterocycles. The van der Waals surface area contributed by atoms with E-state index in [1.807, 2.05) is 0 Å². The first-order chi connectivity index (χ1) is 11.9. The molecule has 7 nitrogen and oxygen atoms in total. The van der Waals surface area contributed by atoms with Crippen molar-refractivity contribution < 1.29 is 19.2 Å². The van der Waals surface area contributed by atoms with E-state index in [0.29, 0.717) is 11.5 Å². The number of benzene rings is 2. The fourth-order valence-electron chi connectivity index (χ4n) is 2.33. The smallest absolute Gasteiger partial charge is 0.288 e. The number of nitrogens with one attached hydrogen (secondary N) is 1. The van der Waals surface area contributed by atoms with E-state index in [9.17, 15) is 14.9 Å². The summed E-state index contributed by atoms with van der Waals surface area (Å²) in [4.78, 5) is 22.7. The van der Waals surface area contributed by atoms with Crippen molar-refractivity contribution in [2.24, 2.45) is 0 Å². The predicted octanol–water partition coefficient (Wildman–Crippen LogP) is 3.76. The molecule has 8 heteroatoms. The summed E-state index contributed by atoms with van der Waals surface area (Å²) in [6.07, 6.45) is 0. The Morgan fingerprint density at radius 2 is 1.92 bits per heavy atom. The predicted molar refractivity (Wildman–Crippen MR) is 93.5 cm³/mol. The number of carbonyl (C=O) groups is 1. The summed E-state index contributed by atoms with van der Waals surface area (Å²) in [5, 5.41) is 13.7. The van der Waals surface area contributed by atoms with E-state index < -0.39 is 16.9 Å². The zero-order chi connectivity index (χ0) is 18.6. The molecule has 2 aromatic carbocycles. The summed E-state index contributed by atoms with van der Waals surface area (Å²) in [7, 11) is 3.07. The summed E-state index contributed by atoms with van der Waals surface area (Å²) in [5.74, 6) is 0.756. The number of ether oxygens (including phenoxy) is 2. The Labute approximate surface area is 149 Å². The van der Waals surface area contributed by atoms with Crippen LogP contribution in [0, 0.1) is 10.1 Å². The topological polar surface area (TPSA) is 90.7 Å². The van der Waals surface area contributed by atoms with Crippen LogP contribution in [0.1, 0.15) is 28.9 Å². The van der Waals surface area contributed by atoms with Crippen molar-refractivity contribution in [3.63, 3.8) is 0 Å². The van der Waals surface area contributed by atoms with Gasteiger partial charge in [0.1, 0.15) is 16.5 Å². The molecule has 1 N–H and O–H groups in total. The van der Waals surface area contributed by atoms with Gasteiger partial charge < -0.3 is 14.8 Å². The number of methoxy groups -OCH3 is 2. The van der Waals surface area contributed by atoms with E-state index in [1.165, 1.54) is 19.2 Å². The second kappa shape index (κ2) is 7.85. The Morgan fingerprint density at radius 1 is 1.20 bits per heavy atom. The molecule has 0 aliphatic rings. The van der Waals surface area contributed by atoms with Gasteiger partial charge in [-0.05, 0) is 37.3 Å². The maximum atomic E-state index is 12.4. The molecule has 0 radical (unpaired) electrons. The first kappa shape index (κ1) is 18.5. The van der Waals surface area contributed by atoms with Crippen molar-refractivity contribution >= 4 is 23.2 Å². The van der Waals surface area contributed by atoms with Gasteiger partial charge in [-0.3, -0.25) is 14.9 Å². The zero-order valence-corrected chi connectivity index (χ0v) is 14.7. The third-order valence-electron chi connectivity index (χ3n) is 3.66. The summed E-state index contributed by atoms with van der Waals surface area (Å²) in [6, 6.07) is 8.74. The molecule has 0 spiro atoms. The zero-order valence-electron chi connectivity index (χ0n) is 13.9. The number of nitrogens with zero attached hydrogens (tertiary/aromatic N) is 1. The van der Waals surface area contributed by atoms with Gasteiger partial charge in [-0.15, -0.1) is 0 Å². The fraction of sp³-hybridized carbons (Fsp3) is 0.235. The fourth-order valence-corrected chi connectivity index (χ4v) is 2.52. The van der Waals surface area contributed by atoms with Crippen LogP contribution in [0.25, 0.3) is 0 Å². The number of carbonyl (C=O) groups excluding carboxylic acids is 1. The van der Waals surface area contributed by atoms with Gasteiger partial charge >= 0.3 is 0 Å². The standard InChI is InChI=1S/C17H17ClN2O5/c1-10(13-9-12(24-2)5-7-16(13)25-3)19-17(21)11-4-6-14(18)15(8-11)20(22)23/h4-10H,1-3H3,(H,19,21)/t10-/m1/s1. The maximum absolute atomic E-state index is 12.4. The largest absolute Gasteiger partial charge is 0.497 e. The van der Waals surface area contributed by atoms with Crippen LogP contribution in [-0.4, -0.2) is 25.1 Å². The highest BCUT2D eigenvalue weighted by atomic mass is 35.5. The Balaban J connectivity index is 2.26. The van der Waals surface area contributed by atoms with Crippen molar-refractivity contribution in [1.82, 2.24) is 5.32 Å². The molecular weight excluding hydrogens is 348 g/mol. The molecular formula is C17H17ClN2O5. The summed E-state index contributed by atoms with van der Waals surface area (Å²) in [6.45, 7) is 1.78. The Hall–Kier alpha value is -2.80. The molecule has 2 aromatic rings. The average Bonchev–Trinajstić information content (AvgIpc) is 2.60. The molecule has 1 amide bonds. The van der Waals surface area contributed by atoms with Crippen LogP contribution in [0.2, 0.25) is 5.02 Å². The first-order valence-electron chi connectivity index (χ1n) is 7.34. The lowest BCUT2D eigenvalue weighted by Crippen LogP contribution is -2.27. The third-order valence-corrected chi connectivity index (χ3v) is 3.98. The average molecular weight is 365 g/mol. The van der Waals surface area contributed by atoms with Crippen molar-refractivity contribution in [3.05, 3.63) is 62.7 Å². The maximum Gasteiger partial charge on any atom is 0.288 e. The van der Waals surface area contributed by atoms with Gasteiger partial charge in [0.15, 0.2) is 0 Å². The summed E-state index contributed by atoms with van der Waals surface area (Å²) < 4.78 is 10.5. The van der Waals surface area contributed by atoms with Crippen molar-refractivity contribution in [1.29, 1.82) is 0 Å². The Morgan fingerprint density at radius 3 is 2.52 bits per heavy atom. The summed E-state index contributed by atoms with van der Waals surface area (Å²) in [5.41, 5.74) is 0.546. The van der Waals surface area contributed by atoms with Gasteiger partial charge in [0.2, 0.25) is 0 Å². The van der Waals surface area contributed by atoms with Gasteiger partial charge in [0.05, 0.1) is 25.2 Å². The number of rotatable bonds is 6. The highest BCUT2D eigenvalue weighted by Crippen LogP contribution is 2.30. The van der Waals surface area contributed by atoms with Gasteiger partial charge in [0.25, 0.3) is 11.6 Å². The van der Waals surface area contributed by atoms with Crippen LogP contribution in [0.15, 0.2) is 36.4 Å². The summed E-state index contributed by atoms with van der Waals surface area (Å²) >= 11 is 5.77. The minimum atomic E-state index is -0.631. The van der Waals surface area contributed by atoms with Crippen LogP contribution >= 0.6 is 11.6 Å². The number of nitro groups is 1. The molecule has 0 bridgehead atoms. The molecule has 25 heavy (non-hydrogen) atoms. The van der Waals surface area contributed by atoms with Crippen LogP contribution in [0.3, 0.4) is 0 Å². The number of nitro benzene ring substituents is 1. The van der Waals surface area contributed by atoms with E-state index in [-0.39, 0.29) is 16.3 Å². The van der Waals surface area contributed by atoms with Crippen LogP contribution in [0.5, 0.6) is 11.5 Å². The molecule has 0 unspecified atom stereocenters. The molecule has 1 atom stereocenters. The minimum absolute atomic E-state index is 0.0240. The lowest BCUT2D eigenvalue weighted by atomic mass is 10.1. The number of hydrogen-bond acceptors (Lipinski definition) is 5. The van der Waals surface area contributed by atoms with Crippen LogP contribution in [-0.2, 0) is 0 Å². The number of amides is 1. The highest BCUT2D eigenvalue weighted by Gasteiger charge is 2.19. The Bertz CT molecular complexity index is 810. The third kappa shape index (κ3) is 4.19. The normalized spacial score (nSPS) is 11.5. The molecule has 0 aliphatic carbocycles. The molecule has 0 fully saturated rings. The van der Waals surface area contributed by atoms with Crippen molar-refractivity contribution in [2.45, 2.75) is 13.0 Å². The highest BCUT2D eigenvalue weighted by molar-refractivity contribution is 6.32. The second-order valence-corrected chi connectivity index (χ2v) is 5.63. The molecule has 0 saturated carbocycles. The van der Waals surface area contributed by atoms with Gasteiger partial charge in [-0.25, -0.2) is 0 Å². The lowest BCUT2D eigenvalue weighted by Gasteiger charge is -2.18. The van der Waals surface area contributed by atoms with Crippen molar-refractivity contribution in [3.8, 4) is 11.5 Å². The van der Waals surface area contributed by atoms with Gasteiger partial charge in [0, 0.05) is 17.2 Å². The van der Waals surface area contributed by atoms with E-state index in [0.717, 1.165) is 11.6 Å². The van der Waals surface area contributed by atoms with Crippen LogP contribution < -0.4 is 14.8 Å². The SMILES string of the molecule is COc1ccc(OC)c([C@@H](C)NC(=O)c2ccc(Cl)c([N+](=O)[O-])c2)c1. The molecule has 0 heterocycles. The lowest BCUT2D eigenvalue weighted by molar-refractivity contribution is -0.384. The van der Waals surface area contributed by atoms with Crippen molar-refractivity contribution in [2.75, 3.05) is 14.2 Å². The van der Waals surface area contributed by atoms with Gasteiger partial charge in [-0.2, -0.15) is 0 Å². The minimum Gasteiger partial charge on any atom is -0.497 e. The van der Waals surface area contributed by atoms with E-state index >= 15 is 0 Å². The molecule has 2 rings (SSSR count). The van der Waals surface area contributed by atoms with Gasteiger partial charge in [-0.1, -0.05) is 11.6 Å². The van der Waals surface area contributed by atoms with Crippen LogP contribution in [0.4, 0.5) is 5.69 Å². The van der Waals surface area contributed by atoms with E-state index in [1.54, 1.807) is 32.2 Å². The number of hydrogen-bond donors (Lipinski definition) is 1. The van der Waals surface area contributed by atoms with E-state index in [4.69, 9.17) is 21.1 Å². The van der Waals surface area contributed by atoms with E-state index in [2.05, 4.69) is 5.32 Å². The number of halogens is 1. The molecule has 0 aromatic heterocycles. The first-order valence-corrected chi connectivity index (χ1v) is 7.72. The molecule has 0 saturated heterocycles. The monoisotopic (exact) mass is 364 g/mol. The quantitative estimate of drug-likeness (QED) is 0.622. The second-order valence-electron chi connectivity index (χ2n) is 5.23. The Kier molecular flexibility index (Phi) is 5.82. The molecule has 132 valence electrons.